The van der Waals surface area contributed by atoms with Crippen LogP contribution < -0.4 is 5.73 Å². The Morgan fingerprint density at radius 1 is 1.00 bits per heavy atom. The first-order valence-corrected chi connectivity index (χ1v) is 12.4. The first kappa shape index (κ1) is 30.2. The third-order valence-corrected chi connectivity index (χ3v) is 6.05. The quantitative estimate of drug-likeness (QED) is 0.133. The van der Waals surface area contributed by atoms with E-state index < -0.39 is 18.1 Å². The Kier molecular flexibility index (Phi) is 19.8. The van der Waals surface area contributed by atoms with Crippen LogP contribution in [0, 0.1) is 0 Å². The van der Waals surface area contributed by atoms with E-state index in [-0.39, 0.29) is 17.6 Å². The highest BCUT2D eigenvalue weighted by molar-refractivity contribution is 8.00. The van der Waals surface area contributed by atoms with E-state index in [1.165, 1.54) is 45.2 Å². The molecule has 7 heteroatoms. The lowest BCUT2D eigenvalue weighted by atomic mass is 10.1. The number of hydrogen-bond acceptors (Lipinski definition) is 7. The van der Waals surface area contributed by atoms with Crippen LogP contribution in [-0.4, -0.2) is 54.4 Å². The van der Waals surface area contributed by atoms with E-state index >= 15 is 0 Å². The van der Waals surface area contributed by atoms with Gasteiger partial charge in [0, 0.05) is 17.4 Å². The van der Waals surface area contributed by atoms with Crippen LogP contribution in [0.3, 0.4) is 0 Å². The highest BCUT2D eigenvalue weighted by Gasteiger charge is 2.21. The zero-order chi connectivity index (χ0) is 24.0. The lowest BCUT2D eigenvalue weighted by Gasteiger charge is -2.20. The fourth-order valence-corrected chi connectivity index (χ4v) is 3.84. The molecule has 0 rings (SSSR count). The normalized spacial score (nSPS) is 15.0. The molecule has 0 heterocycles. The molecule has 0 aromatic rings. The second-order valence-electron chi connectivity index (χ2n) is 7.36. The molecule has 32 heavy (non-hydrogen) atoms. The summed E-state index contributed by atoms with van der Waals surface area (Å²) in [4.78, 5) is 22.8. The van der Waals surface area contributed by atoms with Crippen LogP contribution >= 0.6 is 11.8 Å². The smallest absolute Gasteiger partial charge is 0.323 e. The largest absolute Gasteiger partial charge is 0.469 e. The Balaban J connectivity index is 4.62. The molecule has 0 saturated carbocycles. The van der Waals surface area contributed by atoms with Gasteiger partial charge in [-0.25, -0.2) is 0 Å². The number of methoxy groups -OCH3 is 2. The van der Waals surface area contributed by atoms with Gasteiger partial charge in [0.25, 0.3) is 0 Å². The summed E-state index contributed by atoms with van der Waals surface area (Å²) >= 11 is 1.39. The van der Waals surface area contributed by atoms with E-state index in [2.05, 4.69) is 34.6 Å². The number of rotatable bonds is 18. The van der Waals surface area contributed by atoms with Crippen LogP contribution in [0.5, 0.6) is 0 Å². The van der Waals surface area contributed by atoms with Crippen molar-refractivity contribution in [3.63, 3.8) is 0 Å². The third-order valence-electron chi connectivity index (χ3n) is 4.64. The van der Waals surface area contributed by atoms with Gasteiger partial charge < -0.3 is 20.3 Å². The first-order chi connectivity index (χ1) is 15.5. The summed E-state index contributed by atoms with van der Waals surface area (Å²) in [7, 11) is 2.64. The average Bonchev–Trinajstić information content (AvgIpc) is 2.80. The second-order valence-corrected chi connectivity index (χ2v) is 8.58. The minimum atomic E-state index is -0.753. The molecule has 3 N–H and O–H groups in total. The standard InChI is InChI=1S/C25H41NO5S/c1-4-5-6-7-8-9-10-11-12-13-14-15-18-23(32-20-21(26)25(29)31-3)22(27)17-16-19-24(28)30-2/h8-9,11-15,18,21-23,27H,4-7,10,16-17,19-20,26H2,1-3H3/b9-8-,12-11-,14-13+,18-15+/t21-,22?,23?/m0/s1. The molecule has 3 atom stereocenters. The van der Waals surface area contributed by atoms with Gasteiger partial charge in [-0.1, -0.05) is 68.4 Å². The summed E-state index contributed by atoms with van der Waals surface area (Å²) in [6.45, 7) is 2.21. The van der Waals surface area contributed by atoms with Crippen LogP contribution in [-0.2, 0) is 19.1 Å². The fourth-order valence-electron chi connectivity index (χ4n) is 2.71. The van der Waals surface area contributed by atoms with E-state index in [9.17, 15) is 14.7 Å². The number of thioether (sulfide) groups is 1. The summed E-state index contributed by atoms with van der Waals surface area (Å²) in [6.07, 6.45) is 22.4. The third kappa shape index (κ3) is 16.8. The van der Waals surface area contributed by atoms with Crippen LogP contribution in [0.1, 0.15) is 58.3 Å². The van der Waals surface area contributed by atoms with Crippen molar-refractivity contribution in [2.45, 2.75) is 75.7 Å². The Labute approximate surface area is 198 Å². The van der Waals surface area contributed by atoms with E-state index in [1.54, 1.807) is 0 Å². The lowest BCUT2D eigenvalue weighted by Crippen LogP contribution is -2.35. The van der Waals surface area contributed by atoms with Crippen molar-refractivity contribution in [1.82, 2.24) is 0 Å². The molecule has 0 aliphatic carbocycles. The van der Waals surface area contributed by atoms with Gasteiger partial charge in [-0.05, 0) is 32.1 Å². The summed E-state index contributed by atoms with van der Waals surface area (Å²) in [5, 5.41) is 10.3. The van der Waals surface area contributed by atoms with Crippen LogP contribution in [0.15, 0.2) is 48.6 Å². The van der Waals surface area contributed by atoms with Gasteiger partial charge in [0.1, 0.15) is 6.04 Å². The Bertz CT molecular complexity index is 615. The SMILES string of the molecule is CCCCC/C=C\C\C=C/C=C/C=C/C(SC[C@H](N)C(=O)OC)C(O)CCCC(=O)OC. The van der Waals surface area contributed by atoms with Crippen LogP contribution in [0.25, 0.3) is 0 Å². The van der Waals surface area contributed by atoms with Crippen molar-refractivity contribution in [3.8, 4) is 0 Å². The van der Waals surface area contributed by atoms with Crippen molar-refractivity contribution in [1.29, 1.82) is 0 Å². The van der Waals surface area contributed by atoms with Gasteiger partial charge in [-0.2, -0.15) is 0 Å². The van der Waals surface area contributed by atoms with Gasteiger partial charge >= 0.3 is 11.9 Å². The Hall–Kier alpha value is -1.83. The zero-order valence-electron chi connectivity index (χ0n) is 19.8. The molecule has 0 radical (unpaired) electrons. The van der Waals surface area contributed by atoms with Crippen LogP contribution in [0.4, 0.5) is 0 Å². The number of carbonyl (C=O) groups is 2. The van der Waals surface area contributed by atoms with Gasteiger partial charge in [0.2, 0.25) is 0 Å². The van der Waals surface area contributed by atoms with E-state index in [0.717, 1.165) is 12.8 Å². The van der Waals surface area contributed by atoms with Gasteiger partial charge in [-0.15, -0.1) is 11.8 Å². The number of aliphatic hydroxyl groups excluding tert-OH is 1. The maximum Gasteiger partial charge on any atom is 0.323 e. The number of aliphatic hydroxyl groups is 1. The second kappa shape index (κ2) is 21.0. The number of esters is 2. The van der Waals surface area contributed by atoms with E-state index in [0.29, 0.717) is 18.6 Å². The molecule has 182 valence electrons. The summed E-state index contributed by atoms with van der Waals surface area (Å²) < 4.78 is 9.28. The monoisotopic (exact) mass is 467 g/mol. The van der Waals surface area contributed by atoms with E-state index in [1.807, 2.05) is 30.4 Å². The molecule has 0 aliphatic rings. The minimum absolute atomic E-state index is 0.258. The number of allylic oxidation sites excluding steroid dienone is 7. The van der Waals surface area contributed by atoms with Crippen molar-refractivity contribution in [2.24, 2.45) is 5.73 Å². The summed E-state index contributed by atoms with van der Waals surface area (Å²) in [6, 6.07) is -0.753. The number of ether oxygens (including phenoxy) is 2. The molecule has 0 aromatic carbocycles. The van der Waals surface area contributed by atoms with Crippen LogP contribution in [0.2, 0.25) is 0 Å². The number of unbranched alkanes of at least 4 members (excludes halogenated alkanes) is 3. The number of carbonyl (C=O) groups excluding carboxylic acids is 2. The molecule has 6 nitrogen and oxygen atoms in total. The Morgan fingerprint density at radius 2 is 1.75 bits per heavy atom. The molecular weight excluding hydrogens is 426 g/mol. The highest BCUT2D eigenvalue weighted by Crippen LogP contribution is 2.21. The number of hydrogen-bond donors (Lipinski definition) is 2. The molecule has 0 amide bonds. The predicted molar refractivity (Wildman–Crippen MR) is 133 cm³/mol. The topological polar surface area (TPSA) is 98.9 Å². The first-order valence-electron chi connectivity index (χ1n) is 11.3. The molecule has 0 aliphatic heterocycles. The molecule has 0 bridgehead atoms. The molecule has 0 aromatic heterocycles. The molecule has 0 spiro atoms. The van der Waals surface area contributed by atoms with Gasteiger partial charge in [-0.3, -0.25) is 9.59 Å². The lowest BCUT2D eigenvalue weighted by molar-refractivity contribution is -0.142. The summed E-state index contributed by atoms with van der Waals surface area (Å²) in [5.74, 6) is -0.454. The number of nitrogens with two attached hydrogens (primary N) is 1. The molecular formula is C25H41NO5S. The molecule has 0 saturated heterocycles. The van der Waals surface area contributed by atoms with Crippen molar-refractivity contribution in [3.05, 3.63) is 48.6 Å². The van der Waals surface area contributed by atoms with Gasteiger partial charge in [0.05, 0.1) is 20.3 Å². The highest BCUT2D eigenvalue weighted by atomic mass is 32.2. The zero-order valence-corrected chi connectivity index (χ0v) is 20.6. The van der Waals surface area contributed by atoms with Crippen molar-refractivity contribution in [2.75, 3.05) is 20.0 Å². The fraction of sp³-hybridized carbons (Fsp3) is 0.600. The van der Waals surface area contributed by atoms with Gasteiger partial charge in [0.15, 0.2) is 0 Å². The minimum Gasteiger partial charge on any atom is -0.469 e. The summed E-state index contributed by atoms with van der Waals surface area (Å²) in [5.41, 5.74) is 5.81. The van der Waals surface area contributed by atoms with Crippen molar-refractivity contribution < 1.29 is 24.2 Å². The molecule has 2 unspecified atom stereocenters. The molecule has 0 fully saturated rings. The average molecular weight is 468 g/mol. The maximum atomic E-state index is 11.5. The van der Waals surface area contributed by atoms with E-state index in [4.69, 9.17) is 5.73 Å². The predicted octanol–water partition coefficient (Wildman–Crippen LogP) is 4.49. The van der Waals surface area contributed by atoms with Crippen molar-refractivity contribution >= 4 is 23.7 Å². The Morgan fingerprint density at radius 3 is 2.44 bits per heavy atom. The maximum absolute atomic E-state index is 11.5.